The summed E-state index contributed by atoms with van der Waals surface area (Å²) in [5.41, 5.74) is 2.01. The molecule has 4 fully saturated rings. The molecule has 0 spiro atoms. The summed E-state index contributed by atoms with van der Waals surface area (Å²) in [4.78, 5) is 12.8. The van der Waals surface area contributed by atoms with Gasteiger partial charge in [-0.1, -0.05) is 37.9 Å². The number of hydrogen-bond donors (Lipinski definition) is 0. The van der Waals surface area contributed by atoms with Gasteiger partial charge in [0.2, 0.25) is 0 Å². The molecule has 0 amide bonds. The molecule has 2 nitrogen and oxygen atoms in total. The highest BCUT2D eigenvalue weighted by molar-refractivity contribution is 9.24. The molecule has 4 saturated carbocycles. The van der Waals surface area contributed by atoms with E-state index >= 15 is 0 Å². The van der Waals surface area contributed by atoms with Crippen LogP contribution in [0.3, 0.4) is 0 Å². The van der Waals surface area contributed by atoms with Crippen LogP contribution in [0.4, 0.5) is 0 Å². The number of rotatable bonds is 2. The summed E-state index contributed by atoms with van der Waals surface area (Å²) >= 11 is 7.00. The number of hydrogen-bond acceptors (Lipinski definition) is 2. The second kappa shape index (κ2) is 5.44. The van der Waals surface area contributed by atoms with Gasteiger partial charge in [-0.2, -0.15) is 0 Å². The highest BCUT2D eigenvalue weighted by atomic mass is 79.9. The van der Waals surface area contributed by atoms with E-state index in [1.54, 1.807) is 6.07 Å². The van der Waals surface area contributed by atoms with Crippen molar-refractivity contribution in [2.45, 2.75) is 47.7 Å². The summed E-state index contributed by atoms with van der Waals surface area (Å²) in [6.45, 7) is 0. The Hall–Kier alpha value is -0.610. The van der Waals surface area contributed by atoms with E-state index in [4.69, 9.17) is 4.42 Å². The van der Waals surface area contributed by atoms with E-state index in [-0.39, 0.29) is 14.6 Å². The van der Waals surface area contributed by atoms with Crippen LogP contribution in [0.25, 0.3) is 11.0 Å². The molecular formula is C20H20Br2O2. The molecule has 24 heavy (non-hydrogen) atoms. The van der Waals surface area contributed by atoms with E-state index in [1.807, 2.05) is 18.2 Å². The molecule has 4 aliphatic rings. The molecule has 0 atom stereocenters. The van der Waals surface area contributed by atoms with Crippen molar-refractivity contribution in [1.29, 1.82) is 0 Å². The van der Waals surface area contributed by atoms with Crippen LogP contribution >= 0.6 is 31.9 Å². The van der Waals surface area contributed by atoms with Crippen LogP contribution in [-0.2, 0) is 5.41 Å². The fourth-order valence-electron chi connectivity index (χ4n) is 5.98. The van der Waals surface area contributed by atoms with Crippen molar-refractivity contribution in [2.75, 3.05) is 0 Å². The summed E-state index contributed by atoms with van der Waals surface area (Å²) in [5, 5.41) is 0.685. The molecule has 1 heterocycles. The summed E-state index contributed by atoms with van der Waals surface area (Å²) in [6.07, 6.45) is 7.86. The van der Waals surface area contributed by atoms with E-state index in [2.05, 4.69) is 31.9 Å². The number of benzene rings is 1. The molecule has 0 unspecified atom stereocenters. The van der Waals surface area contributed by atoms with Crippen LogP contribution in [0.1, 0.15) is 53.6 Å². The summed E-state index contributed by atoms with van der Waals surface area (Å²) in [5.74, 6) is 3.51. The highest BCUT2D eigenvalue weighted by Gasteiger charge is 2.53. The molecule has 0 radical (unpaired) electrons. The maximum atomic E-state index is 12.8. The molecule has 4 aliphatic carbocycles. The number of halogens is 2. The first-order valence-electron chi connectivity index (χ1n) is 8.89. The van der Waals surface area contributed by atoms with Gasteiger partial charge in [0.25, 0.3) is 0 Å². The van der Waals surface area contributed by atoms with Crippen molar-refractivity contribution < 1.29 is 4.42 Å². The lowest BCUT2D eigenvalue weighted by Gasteiger charge is -2.56. The Bertz CT molecular complexity index is 832. The predicted octanol–water partition coefficient (Wildman–Crippen LogP) is 6.05. The zero-order valence-corrected chi connectivity index (χ0v) is 16.6. The highest BCUT2D eigenvalue weighted by Crippen LogP contribution is 2.60. The van der Waals surface area contributed by atoms with Crippen LogP contribution in [-0.4, -0.2) is 0 Å². The minimum atomic E-state index is 0.0524. The Morgan fingerprint density at radius 1 is 1.00 bits per heavy atom. The number of alkyl halides is 2. The van der Waals surface area contributed by atoms with Crippen LogP contribution in [0.5, 0.6) is 0 Å². The molecule has 4 bridgehead atoms. The van der Waals surface area contributed by atoms with Gasteiger partial charge in [0.05, 0.1) is 9.12 Å². The molecule has 2 aromatic rings. The van der Waals surface area contributed by atoms with Gasteiger partial charge in [0, 0.05) is 11.5 Å². The minimum absolute atomic E-state index is 0.0524. The predicted molar refractivity (Wildman–Crippen MR) is 103 cm³/mol. The van der Waals surface area contributed by atoms with Gasteiger partial charge in [0.1, 0.15) is 11.3 Å². The van der Waals surface area contributed by atoms with Crippen LogP contribution < -0.4 is 5.43 Å². The van der Waals surface area contributed by atoms with E-state index in [0.29, 0.717) is 5.39 Å². The van der Waals surface area contributed by atoms with Crippen molar-refractivity contribution in [3.63, 3.8) is 0 Å². The van der Waals surface area contributed by atoms with Crippen molar-refractivity contribution in [2.24, 2.45) is 17.8 Å². The largest absolute Gasteiger partial charge is 0.460 e. The lowest BCUT2D eigenvalue weighted by Crippen LogP contribution is -2.48. The maximum Gasteiger partial charge on any atom is 0.192 e. The lowest BCUT2D eigenvalue weighted by atomic mass is 9.49. The smallest absolute Gasteiger partial charge is 0.192 e. The van der Waals surface area contributed by atoms with Gasteiger partial charge in [-0.3, -0.25) is 4.79 Å². The lowest BCUT2D eigenvalue weighted by molar-refractivity contribution is -0.0150. The molecule has 6 rings (SSSR count). The molecular weight excluding hydrogens is 432 g/mol. The Kier molecular flexibility index (Phi) is 3.54. The average molecular weight is 452 g/mol. The van der Waals surface area contributed by atoms with Gasteiger partial charge in [-0.15, -0.1) is 0 Å². The SMILES string of the molecule is O=c1cc(C23CC4CC(CC(C4)C2)C3)oc2ccc(C(Br)Br)cc12. The number of fused-ring (bicyclic) bond motifs is 1. The summed E-state index contributed by atoms with van der Waals surface area (Å²) < 4.78 is 6.38. The topological polar surface area (TPSA) is 30.2 Å². The standard InChI is InChI=1S/C20H20Br2O2/c21-19(22)14-1-2-17-15(6-14)16(23)7-18(24-17)20-8-11-3-12(9-20)5-13(4-11)10-20/h1-2,6-7,11-13,19H,3-5,8-10H2. The second-order valence-corrected chi connectivity index (χ2v) is 11.3. The Morgan fingerprint density at radius 3 is 2.21 bits per heavy atom. The summed E-state index contributed by atoms with van der Waals surface area (Å²) in [7, 11) is 0. The Morgan fingerprint density at radius 2 is 1.62 bits per heavy atom. The first-order valence-corrected chi connectivity index (χ1v) is 10.7. The average Bonchev–Trinajstić information content (AvgIpc) is 2.53. The van der Waals surface area contributed by atoms with Crippen LogP contribution in [0, 0.1) is 17.8 Å². The van der Waals surface area contributed by atoms with E-state index in [9.17, 15) is 4.79 Å². The fraction of sp³-hybridized carbons (Fsp3) is 0.550. The van der Waals surface area contributed by atoms with Gasteiger partial charge in [0.15, 0.2) is 5.43 Å². The monoisotopic (exact) mass is 450 g/mol. The molecule has 1 aromatic carbocycles. The molecule has 4 heteroatoms. The third-order valence-corrected chi connectivity index (χ3v) is 7.62. The second-order valence-electron chi connectivity index (χ2n) is 8.23. The van der Waals surface area contributed by atoms with Crippen molar-refractivity contribution in [1.82, 2.24) is 0 Å². The normalized spacial score (nSPS) is 34.4. The first kappa shape index (κ1) is 15.6. The Balaban J connectivity index is 1.63. The molecule has 126 valence electrons. The van der Waals surface area contributed by atoms with Crippen molar-refractivity contribution >= 4 is 42.8 Å². The zero-order valence-electron chi connectivity index (χ0n) is 13.4. The minimum Gasteiger partial charge on any atom is -0.460 e. The van der Waals surface area contributed by atoms with Crippen LogP contribution in [0.2, 0.25) is 0 Å². The van der Waals surface area contributed by atoms with Gasteiger partial charge < -0.3 is 4.42 Å². The van der Waals surface area contributed by atoms with E-state index in [0.717, 1.165) is 34.7 Å². The summed E-state index contributed by atoms with van der Waals surface area (Å²) in [6, 6.07) is 7.70. The van der Waals surface area contributed by atoms with Gasteiger partial charge >= 0.3 is 0 Å². The maximum absolute atomic E-state index is 12.8. The zero-order chi connectivity index (χ0) is 16.5. The third kappa shape index (κ3) is 2.36. The molecule has 0 N–H and O–H groups in total. The van der Waals surface area contributed by atoms with E-state index < -0.39 is 0 Å². The molecule has 0 aliphatic heterocycles. The third-order valence-electron chi connectivity index (χ3n) is 6.56. The van der Waals surface area contributed by atoms with Gasteiger partial charge in [-0.25, -0.2) is 0 Å². The first-order chi connectivity index (χ1) is 11.5. The van der Waals surface area contributed by atoms with Crippen molar-refractivity contribution in [3.05, 3.63) is 45.8 Å². The van der Waals surface area contributed by atoms with Gasteiger partial charge in [-0.05, 0) is 74.0 Å². The Labute approximate surface area is 158 Å². The van der Waals surface area contributed by atoms with Crippen LogP contribution in [0.15, 0.2) is 33.5 Å². The van der Waals surface area contributed by atoms with Crippen molar-refractivity contribution in [3.8, 4) is 0 Å². The quantitative estimate of drug-likeness (QED) is 0.520. The fourth-order valence-corrected chi connectivity index (χ4v) is 6.55. The molecule has 0 saturated heterocycles. The van der Waals surface area contributed by atoms with E-state index in [1.165, 1.54) is 38.5 Å². The molecule has 1 aromatic heterocycles.